The highest BCUT2D eigenvalue weighted by atomic mass is 16.4. The van der Waals surface area contributed by atoms with Crippen LogP contribution in [0.15, 0.2) is 35.4 Å². The van der Waals surface area contributed by atoms with Crippen molar-refractivity contribution >= 4 is 22.8 Å². The molecule has 2 aliphatic rings. The molecule has 1 aromatic heterocycles. The molecule has 0 unspecified atom stereocenters. The topological polar surface area (TPSA) is 92.5 Å². The number of aliphatic carboxylic acids is 1. The summed E-state index contributed by atoms with van der Waals surface area (Å²) in [6.07, 6.45) is 3.47. The van der Waals surface area contributed by atoms with E-state index in [1.807, 2.05) is 0 Å². The number of amides is 1. The number of hydrogen-bond donors (Lipinski definition) is 1. The highest BCUT2D eigenvalue weighted by Gasteiger charge is 2.46. The normalized spacial score (nSPS) is 23.1. The number of likely N-dealkylation sites (tertiary alicyclic amines) is 1. The second-order valence-corrected chi connectivity index (χ2v) is 6.94. The largest absolute Gasteiger partial charge is 0.481 e. The number of fused-ring (bicyclic) bond motifs is 1. The molecule has 2 aromatic rings. The summed E-state index contributed by atoms with van der Waals surface area (Å²) in [4.78, 5) is 42.4. The summed E-state index contributed by atoms with van der Waals surface area (Å²) >= 11 is 0. The first-order valence-electron chi connectivity index (χ1n) is 8.49. The number of nitrogens with zero attached hydrogens (tertiary/aromatic N) is 3. The van der Waals surface area contributed by atoms with Gasteiger partial charge in [-0.1, -0.05) is 12.1 Å². The minimum absolute atomic E-state index is 0.0351. The lowest BCUT2D eigenvalue weighted by Gasteiger charge is -2.17. The summed E-state index contributed by atoms with van der Waals surface area (Å²) in [5.41, 5.74) is 0.337. The van der Waals surface area contributed by atoms with Gasteiger partial charge < -0.3 is 10.0 Å². The van der Waals surface area contributed by atoms with Crippen LogP contribution in [-0.4, -0.2) is 44.5 Å². The molecular formula is C18H19N3O4. The average Bonchev–Trinajstić information content (AvgIpc) is 3.35. The van der Waals surface area contributed by atoms with Gasteiger partial charge in [-0.15, -0.1) is 0 Å². The van der Waals surface area contributed by atoms with Gasteiger partial charge >= 0.3 is 5.97 Å². The molecule has 0 bridgehead atoms. The SMILES string of the molecule is O=C(O)[C@H]1CN(C(=O)Cn2cnc3ccccc3c2=O)C[C@@H]1C1CC1. The van der Waals surface area contributed by atoms with Gasteiger partial charge in [0.15, 0.2) is 0 Å². The number of carboxylic acid groups (broad SMARTS) is 1. The summed E-state index contributed by atoms with van der Waals surface area (Å²) in [7, 11) is 0. The molecule has 2 heterocycles. The van der Waals surface area contributed by atoms with Gasteiger partial charge in [-0.05, 0) is 36.8 Å². The minimum Gasteiger partial charge on any atom is -0.481 e. The van der Waals surface area contributed by atoms with Crippen LogP contribution in [0.25, 0.3) is 10.9 Å². The number of carbonyl (C=O) groups is 2. The number of carbonyl (C=O) groups excluding carboxylic acids is 1. The van der Waals surface area contributed by atoms with E-state index in [-0.39, 0.29) is 30.5 Å². The number of carboxylic acids is 1. The zero-order chi connectivity index (χ0) is 17.6. The average molecular weight is 341 g/mol. The van der Waals surface area contributed by atoms with Crippen LogP contribution in [0.4, 0.5) is 0 Å². The van der Waals surface area contributed by atoms with Gasteiger partial charge in [0.05, 0.1) is 23.1 Å². The van der Waals surface area contributed by atoms with E-state index in [0.29, 0.717) is 23.4 Å². The first kappa shape index (κ1) is 15.8. The fourth-order valence-electron chi connectivity index (χ4n) is 3.76. The Kier molecular flexibility index (Phi) is 3.78. The van der Waals surface area contributed by atoms with Gasteiger partial charge in [0.2, 0.25) is 5.91 Å². The van der Waals surface area contributed by atoms with E-state index in [1.165, 1.54) is 10.9 Å². The molecule has 1 saturated carbocycles. The fraction of sp³-hybridized carbons (Fsp3) is 0.444. The quantitative estimate of drug-likeness (QED) is 0.894. The Balaban J connectivity index is 1.53. The monoisotopic (exact) mass is 341 g/mol. The van der Waals surface area contributed by atoms with Crippen LogP contribution in [0.1, 0.15) is 12.8 Å². The van der Waals surface area contributed by atoms with E-state index in [4.69, 9.17) is 0 Å². The van der Waals surface area contributed by atoms with Crippen molar-refractivity contribution in [2.75, 3.05) is 13.1 Å². The van der Waals surface area contributed by atoms with Crippen LogP contribution in [0.2, 0.25) is 0 Å². The smallest absolute Gasteiger partial charge is 0.308 e. The summed E-state index contributed by atoms with van der Waals surface area (Å²) in [6.45, 7) is 0.585. The van der Waals surface area contributed by atoms with Crippen molar-refractivity contribution in [1.29, 1.82) is 0 Å². The van der Waals surface area contributed by atoms with Crippen LogP contribution in [0.5, 0.6) is 0 Å². The molecule has 0 spiro atoms. The Hall–Kier alpha value is -2.70. The summed E-state index contributed by atoms with van der Waals surface area (Å²) < 4.78 is 1.30. The molecule has 1 saturated heterocycles. The Morgan fingerprint density at radius 1 is 1.20 bits per heavy atom. The molecule has 1 aliphatic heterocycles. The van der Waals surface area contributed by atoms with E-state index in [9.17, 15) is 19.5 Å². The van der Waals surface area contributed by atoms with Gasteiger partial charge in [0.1, 0.15) is 6.54 Å². The van der Waals surface area contributed by atoms with Crippen LogP contribution in [-0.2, 0) is 16.1 Å². The molecule has 2 fully saturated rings. The molecule has 2 atom stereocenters. The Morgan fingerprint density at radius 3 is 2.68 bits per heavy atom. The fourth-order valence-corrected chi connectivity index (χ4v) is 3.76. The number of aromatic nitrogens is 2. The molecule has 25 heavy (non-hydrogen) atoms. The Morgan fingerprint density at radius 2 is 1.96 bits per heavy atom. The molecular weight excluding hydrogens is 322 g/mol. The number of rotatable bonds is 4. The summed E-state index contributed by atoms with van der Waals surface area (Å²) in [5, 5.41) is 9.88. The molecule has 130 valence electrons. The van der Waals surface area contributed by atoms with Crippen LogP contribution in [0.3, 0.4) is 0 Å². The zero-order valence-electron chi connectivity index (χ0n) is 13.7. The van der Waals surface area contributed by atoms with Gasteiger partial charge in [0.25, 0.3) is 5.56 Å². The van der Waals surface area contributed by atoms with Crippen molar-refractivity contribution in [2.45, 2.75) is 19.4 Å². The lowest BCUT2D eigenvalue weighted by atomic mass is 9.92. The van der Waals surface area contributed by atoms with E-state index >= 15 is 0 Å². The van der Waals surface area contributed by atoms with Crippen molar-refractivity contribution in [3.05, 3.63) is 40.9 Å². The first-order valence-corrected chi connectivity index (χ1v) is 8.49. The molecule has 1 aromatic carbocycles. The zero-order valence-corrected chi connectivity index (χ0v) is 13.7. The van der Waals surface area contributed by atoms with Gasteiger partial charge in [-0.3, -0.25) is 19.0 Å². The van der Waals surface area contributed by atoms with Crippen LogP contribution >= 0.6 is 0 Å². The predicted molar refractivity (Wildman–Crippen MR) is 89.9 cm³/mol. The Labute approximate surface area is 143 Å². The van der Waals surface area contributed by atoms with Crippen molar-refractivity contribution in [3.8, 4) is 0 Å². The summed E-state index contributed by atoms with van der Waals surface area (Å²) in [6, 6.07) is 7.00. The molecule has 1 aliphatic carbocycles. The van der Waals surface area contributed by atoms with Crippen LogP contribution < -0.4 is 5.56 Å². The maximum atomic E-state index is 12.6. The van der Waals surface area contributed by atoms with Gasteiger partial charge in [0, 0.05) is 13.1 Å². The molecule has 1 N–H and O–H groups in total. The van der Waals surface area contributed by atoms with Crippen LogP contribution in [0, 0.1) is 17.8 Å². The second-order valence-electron chi connectivity index (χ2n) is 6.94. The standard InChI is InChI=1S/C18H19N3O4/c22-16(20-7-13(11-5-6-11)14(8-20)18(24)25)9-21-10-19-15-4-2-1-3-12(15)17(21)23/h1-4,10-11,13-14H,5-9H2,(H,24,25)/t13-,14+/m1/s1. The second kappa shape index (κ2) is 5.98. The number of hydrogen-bond acceptors (Lipinski definition) is 4. The van der Waals surface area contributed by atoms with E-state index < -0.39 is 11.9 Å². The molecule has 4 rings (SSSR count). The molecule has 7 nitrogen and oxygen atoms in total. The minimum atomic E-state index is -0.836. The highest BCUT2D eigenvalue weighted by Crippen LogP contribution is 2.44. The third kappa shape index (κ3) is 2.90. The van der Waals surface area contributed by atoms with E-state index in [1.54, 1.807) is 29.2 Å². The maximum Gasteiger partial charge on any atom is 0.308 e. The summed E-state index contributed by atoms with van der Waals surface area (Å²) in [5.74, 6) is -1.11. The van der Waals surface area contributed by atoms with Crippen molar-refractivity contribution in [2.24, 2.45) is 17.8 Å². The molecule has 0 radical (unpaired) electrons. The third-order valence-corrected chi connectivity index (χ3v) is 5.30. The van der Waals surface area contributed by atoms with E-state index in [0.717, 1.165) is 12.8 Å². The first-order chi connectivity index (χ1) is 12.0. The van der Waals surface area contributed by atoms with Gasteiger partial charge in [-0.2, -0.15) is 0 Å². The van der Waals surface area contributed by atoms with Crippen molar-refractivity contribution in [1.82, 2.24) is 14.5 Å². The molecule has 7 heteroatoms. The van der Waals surface area contributed by atoms with Crippen molar-refractivity contribution in [3.63, 3.8) is 0 Å². The van der Waals surface area contributed by atoms with Gasteiger partial charge in [-0.25, -0.2) is 4.98 Å². The molecule has 1 amide bonds. The predicted octanol–water partition coefficient (Wildman–Crippen LogP) is 0.966. The third-order valence-electron chi connectivity index (χ3n) is 5.30. The van der Waals surface area contributed by atoms with E-state index in [2.05, 4.69) is 4.98 Å². The Bertz CT molecular complexity index is 903. The lowest BCUT2D eigenvalue weighted by molar-refractivity contribution is -0.142. The number of benzene rings is 1. The lowest BCUT2D eigenvalue weighted by Crippen LogP contribution is -2.35. The van der Waals surface area contributed by atoms with Crippen molar-refractivity contribution < 1.29 is 14.7 Å². The number of para-hydroxylation sites is 1. The maximum absolute atomic E-state index is 12.6. The highest BCUT2D eigenvalue weighted by molar-refractivity contribution is 5.80.